The van der Waals surface area contributed by atoms with Crippen molar-refractivity contribution < 1.29 is 24.0 Å². The number of hydrogen-bond acceptors (Lipinski definition) is 5. The van der Waals surface area contributed by atoms with E-state index in [-0.39, 0.29) is 18.6 Å². The molecule has 2 saturated heterocycles. The summed E-state index contributed by atoms with van der Waals surface area (Å²) in [5.74, 6) is 2.53. The maximum atomic E-state index is 13.5. The van der Waals surface area contributed by atoms with Gasteiger partial charge in [0.05, 0.1) is 27.7 Å². The smallest absolute Gasteiger partial charge is 0.236 e. The summed E-state index contributed by atoms with van der Waals surface area (Å²) in [6.45, 7) is 9.35. The number of piperidine rings is 1. The number of carbonyl (C=O) groups excluding carboxylic acids is 2. The Kier molecular flexibility index (Phi) is 12.9. The second-order valence-corrected chi connectivity index (χ2v) is 11.8. The fraction of sp³-hybridized carbons (Fsp3) is 0.742. The molecule has 0 bridgehead atoms. The highest BCUT2D eigenvalue weighted by Gasteiger charge is 2.33. The number of nitrogens with one attached hydrogen (secondary N) is 1. The van der Waals surface area contributed by atoms with Crippen LogP contribution >= 0.6 is 0 Å². The summed E-state index contributed by atoms with van der Waals surface area (Å²) in [5.41, 5.74) is 1.26. The summed E-state index contributed by atoms with van der Waals surface area (Å²) in [6, 6.07) is 6.60. The molecule has 8 heteroatoms. The lowest BCUT2D eigenvalue weighted by atomic mass is 9.86. The van der Waals surface area contributed by atoms with Gasteiger partial charge in [0.1, 0.15) is 0 Å². The Morgan fingerprint density at radius 2 is 1.74 bits per heavy atom. The number of fused-ring (bicyclic) bond motifs is 1. The molecule has 0 unspecified atom stereocenters. The van der Waals surface area contributed by atoms with Crippen LogP contribution in [0, 0.1) is 0 Å². The molecule has 0 radical (unpaired) electrons. The molecule has 3 heterocycles. The number of hydrogen-bond donors (Lipinski definition) is 1. The van der Waals surface area contributed by atoms with E-state index in [1.807, 2.05) is 11.0 Å². The normalized spacial score (nSPS) is 20.8. The predicted octanol–water partition coefficient (Wildman–Crippen LogP) is 3.17. The van der Waals surface area contributed by atoms with E-state index in [1.54, 1.807) is 0 Å². The third-order valence-corrected chi connectivity index (χ3v) is 7.85. The van der Waals surface area contributed by atoms with Gasteiger partial charge in [-0.25, -0.2) is 0 Å². The minimum Gasteiger partial charge on any atom is -0.454 e. The Labute approximate surface area is 236 Å². The Bertz CT molecular complexity index is 898. The van der Waals surface area contributed by atoms with Gasteiger partial charge in [0.2, 0.25) is 18.6 Å². The van der Waals surface area contributed by atoms with Crippen LogP contribution in [0.15, 0.2) is 18.2 Å². The van der Waals surface area contributed by atoms with Gasteiger partial charge in [-0.15, -0.1) is 0 Å². The number of ether oxygens (including phenoxy) is 2. The van der Waals surface area contributed by atoms with E-state index in [0.29, 0.717) is 24.9 Å². The van der Waals surface area contributed by atoms with Crippen LogP contribution in [0.4, 0.5) is 0 Å². The standard InChI is InChI=1S/C28H43N3O4.C3H9N/c1-3-5-14-29(15-6-4-2)28(33)20-31-19-23(22-10-12-25-26(18-22)35-21-34-25)9-11-24(31)13-17-30-16-7-8-27(30)32;1-4(2)3/h10,12,18,23-24H,3-9,11,13-17,19-21H2,1-2H3;1-3H3/p+1/t23-,24-;/m1./s1. The van der Waals surface area contributed by atoms with Crippen LogP contribution in [0.2, 0.25) is 0 Å². The topological polar surface area (TPSA) is 66.8 Å². The van der Waals surface area contributed by atoms with Crippen molar-refractivity contribution in [2.45, 2.75) is 83.6 Å². The molecule has 220 valence electrons. The fourth-order valence-electron chi connectivity index (χ4n) is 5.64. The first kappa shape index (κ1) is 31.2. The zero-order valence-corrected chi connectivity index (χ0v) is 25.2. The highest BCUT2D eigenvalue weighted by atomic mass is 16.7. The molecule has 8 nitrogen and oxygen atoms in total. The SMILES string of the molecule is CCCCN(CCCC)C(=O)CN1C[C@H](c2ccc3c(c2)OCO3)CC[C@@H]1CCN1CCCC1=O.C[NH+](C)C. The first-order valence-corrected chi connectivity index (χ1v) is 15.3. The monoisotopic (exact) mass is 545 g/mol. The summed E-state index contributed by atoms with van der Waals surface area (Å²) < 4.78 is 11.1. The lowest BCUT2D eigenvalue weighted by molar-refractivity contribution is -0.836. The molecule has 0 spiro atoms. The molecule has 1 N–H and O–H groups in total. The number of nitrogens with zero attached hydrogens (tertiary/aromatic N) is 3. The number of rotatable bonds is 12. The molecule has 2 amide bonds. The molecular weight excluding hydrogens is 492 g/mol. The molecule has 1 aromatic rings. The van der Waals surface area contributed by atoms with Gasteiger partial charge in [0.25, 0.3) is 0 Å². The molecule has 2 fully saturated rings. The minimum atomic E-state index is 0.250. The number of unbranched alkanes of at least 4 members (excludes halogenated alkanes) is 2. The lowest BCUT2D eigenvalue weighted by Crippen LogP contribution is -3.02. The van der Waals surface area contributed by atoms with Crippen LogP contribution in [0.3, 0.4) is 0 Å². The summed E-state index contributed by atoms with van der Waals surface area (Å²) >= 11 is 0. The van der Waals surface area contributed by atoms with Gasteiger partial charge >= 0.3 is 0 Å². The Morgan fingerprint density at radius 3 is 2.38 bits per heavy atom. The molecule has 3 aliphatic rings. The zero-order valence-electron chi connectivity index (χ0n) is 25.2. The van der Waals surface area contributed by atoms with Crippen molar-refractivity contribution in [2.75, 3.05) is 67.2 Å². The van der Waals surface area contributed by atoms with E-state index in [2.05, 4.69) is 56.9 Å². The van der Waals surface area contributed by atoms with E-state index in [0.717, 1.165) is 95.6 Å². The minimum absolute atomic E-state index is 0.250. The lowest BCUT2D eigenvalue weighted by Gasteiger charge is -2.41. The summed E-state index contributed by atoms with van der Waals surface area (Å²) in [6.07, 6.45) is 9.01. The van der Waals surface area contributed by atoms with Crippen LogP contribution in [0.5, 0.6) is 11.5 Å². The van der Waals surface area contributed by atoms with Gasteiger partial charge in [-0.3, -0.25) is 14.5 Å². The average molecular weight is 546 g/mol. The van der Waals surface area contributed by atoms with Crippen molar-refractivity contribution in [3.8, 4) is 11.5 Å². The number of benzene rings is 1. The second kappa shape index (κ2) is 16.1. The number of quaternary nitrogens is 1. The molecule has 0 saturated carbocycles. The summed E-state index contributed by atoms with van der Waals surface area (Å²) in [5, 5.41) is 0. The molecule has 39 heavy (non-hydrogen) atoms. The molecule has 0 aliphatic carbocycles. The van der Waals surface area contributed by atoms with Crippen LogP contribution in [0.1, 0.15) is 83.1 Å². The van der Waals surface area contributed by atoms with Crippen molar-refractivity contribution in [2.24, 2.45) is 0 Å². The molecule has 4 rings (SSSR count). The van der Waals surface area contributed by atoms with E-state index in [1.165, 1.54) is 10.5 Å². The maximum absolute atomic E-state index is 13.5. The van der Waals surface area contributed by atoms with E-state index < -0.39 is 0 Å². The number of likely N-dealkylation sites (tertiary alicyclic amines) is 2. The number of carbonyl (C=O) groups is 2. The van der Waals surface area contributed by atoms with Crippen molar-refractivity contribution in [3.05, 3.63) is 23.8 Å². The molecular formula is C31H53N4O4+. The van der Waals surface area contributed by atoms with Crippen molar-refractivity contribution in [1.82, 2.24) is 14.7 Å². The largest absolute Gasteiger partial charge is 0.454 e. The third-order valence-electron chi connectivity index (χ3n) is 7.85. The average Bonchev–Trinajstić information content (AvgIpc) is 3.55. The first-order chi connectivity index (χ1) is 18.8. The van der Waals surface area contributed by atoms with Crippen LogP contribution in [-0.2, 0) is 9.59 Å². The van der Waals surface area contributed by atoms with Gasteiger partial charge in [0.15, 0.2) is 11.5 Å². The quantitative estimate of drug-likeness (QED) is 0.437. The maximum Gasteiger partial charge on any atom is 0.236 e. The third kappa shape index (κ3) is 9.67. The van der Waals surface area contributed by atoms with Crippen molar-refractivity contribution in [3.63, 3.8) is 0 Å². The van der Waals surface area contributed by atoms with E-state index in [4.69, 9.17) is 9.47 Å². The highest BCUT2D eigenvalue weighted by molar-refractivity contribution is 5.78. The van der Waals surface area contributed by atoms with E-state index >= 15 is 0 Å². The van der Waals surface area contributed by atoms with Crippen LogP contribution in [-0.4, -0.2) is 99.8 Å². The zero-order chi connectivity index (χ0) is 28.2. The van der Waals surface area contributed by atoms with Crippen LogP contribution < -0.4 is 14.4 Å². The predicted molar refractivity (Wildman–Crippen MR) is 155 cm³/mol. The van der Waals surface area contributed by atoms with Gasteiger partial charge < -0.3 is 24.2 Å². The molecule has 3 aliphatic heterocycles. The van der Waals surface area contributed by atoms with Gasteiger partial charge in [-0.2, -0.15) is 0 Å². The van der Waals surface area contributed by atoms with Crippen molar-refractivity contribution in [1.29, 1.82) is 0 Å². The molecule has 2 atom stereocenters. The fourth-order valence-corrected chi connectivity index (χ4v) is 5.64. The molecule has 0 aromatic heterocycles. The van der Waals surface area contributed by atoms with Gasteiger partial charge in [-0.1, -0.05) is 32.8 Å². The Balaban J connectivity index is 0.000000983. The first-order valence-electron chi connectivity index (χ1n) is 15.3. The van der Waals surface area contributed by atoms with E-state index in [9.17, 15) is 9.59 Å². The highest BCUT2D eigenvalue weighted by Crippen LogP contribution is 2.38. The molecule has 1 aromatic carbocycles. The van der Waals surface area contributed by atoms with Gasteiger partial charge in [-0.05, 0) is 62.1 Å². The number of amides is 2. The van der Waals surface area contributed by atoms with Crippen LogP contribution in [0.25, 0.3) is 0 Å². The Hall–Kier alpha value is -2.32. The van der Waals surface area contributed by atoms with Crippen molar-refractivity contribution >= 4 is 11.8 Å². The Morgan fingerprint density at radius 1 is 1.05 bits per heavy atom. The van der Waals surface area contributed by atoms with Gasteiger partial charge in [0, 0.05) is 45.2 Å². The summed E-state index contributed by atoms with van der Waals surface area (Å²) in [4.78, 5) is 33.5. The second-order valence-electron chi connectivity index (χ2n) is 11.8. The summed E-state index contributed by atoms with van der Waals surface area (Å²) in [7, 11) is 6.25.